The molecule has 5 heteroatoms. The van der Waals surface area contributed by atoms with Crippen LogP contribution in [-0.2, 0) is 0 Å². The first-order valence-electron chi connectivity index (χ1n) is 4.48. The van der Waals surface area contributed by atoms with Crippen LogP contribution in [-0.4, -0.2) is 23.4 Å². The average molecular weight is 232 g/mol. The molecule has 1 aromatic carbocycles. The fourth-order valence-electron chi connectivity index (χ4n) is 1.05. The zero-order chi connectivity index (χ0) is 11.3. The van der Waals surface area contributed by atoms with Gasteiger partial charge in [0.15, 0.2) is 0 Å². The molecule has 0 heterocycles. The number of benzene rings is 1. The predicted molar refractivity (Wildman–Crippen MR) is 55.7 cm³/mol. The summed E-state index contributed by atoms with van der Waals surface area (Å²) < 4.78 is 13.2. The molecule has 1 aromatic rings. The van der Waals surface area contributed by atoms with Gasteiger partial charge in [0.05, 0.1) is 5.56 Å². The minimum Gasteiger partial charge on any atom is -0.508 e. The Morgan fingerprint density at radius 3 is 2.87 bits per heavy atom. The fourth-order valence-corrected chi connectivity index (χ4v) is 1.19. The molecule has 0 saturated carbocycles. The monoisotopic (exact) mass is 231 g/mol. The van der Waals surface area contributed by atoms with Crippen LogP contribution in [0, 0.1) is 5.82 Å². The SMILES string of the molecule is O=C(NCCCCl)c1ccc(O)cc1F. The zero-order valence-electron chi connectivity index (χ0n) is 7.96. The van der Waals surface area contributed by atoms with E-state index in [-0.39, 0.29) is 11.3 Å². The van der Waals surface area contributed by atoms with Crippen molar-refractivity contribution in [2.75, 3.05) is 12.4 Å². The number of nitrogens with one attached hydrogen (secondary N) is 1. The number of hydrogen-bond acceptors (Lipinski definition) is 2. The van der Waals surface area contributed by atoms with Gasteiger partial charge < -0.3 is 10.4 Å². The summed E-state index contributed by atoms with van der Waals surface area (Å²) in [7, 11) is 0. The van der Waals surface area contributed by atoms with Gasteiger partial charge in [-0.1, -0.05) is 0 Å². The summed E-state index contributed by atoms with van der Waals surface area (Å²) in [6.45, 7) is 0.405. The van der Waals surface area contributed by atoms with Gasteiger partial charge in [0.25, 0.3) is 5.91 Å². The highest BCUT2D eigenvalue weighted by Gasteiger charge is 2.10. The molecule has 0 aromatic heterocycles. The number of carbonyl (C=O) groups is 1. The second-order valence-electron chi connectivity index (χ2n) is 2.96. The Bertz CT molecular complexity index is 357. The molecule has 0 radical (unpaired) electrons. The lowest BCUT2D eigenvalue weighted by Gasteiger charge is -2.05. The molecular formula is C10H11ClFNO2. The van der Waals surface area contributed by atoms with E-state index < -0.39 is 11.7 Å². The first kappa shape index (κ1) is 11.8. The van der Waals surface area contributed by atoms with Crippen molar-refractivity contribution in [3.05, 3.63) is 29.6 Å². The van der Waals surface area contributed by atoms with Gasteiger partial charge in [-0.05, 0) is 18.6 Å². The lowest BCUT2D eigenvalue weighted by atomic mass is 10.2. The Kier molecular flexibility index (Phi) is 4.37. The zero-order valence-corrected chi connectivity index (χ0v) is 8.72. The van der Waals surface area contributed by atoms with Crippen LogP contribution in [0.1, 0.15) is 16.8 Å². The molecule has 0 bridgehead atoms. The highest BCUT2D eigenvalue weighted by Crippen LogP contribution is 2.14. The average Bonchev–Trinajstić information content (AvgIpc) is 2.17. The summed E-state index contributed by atoms with van der Waals surface area (Å²) in [5, 5.41) is 11.5. The number of hydrogen-bond donors (Lipinski definition) is 2. The molecule has 0 aliphatic heterocycles. The molecule has 0 atom stereocenters. The number of rotatable bonds is 4. The largest absolute Gasteiger partial charge is 0.508 e. The van der Waals surface area contributed by atoms with Crippen molar-refractivity contribution >= 4 is 17.5 Å². The summed E-state index contributed by atoms with van der Waals surface area (Å²) in [4.78, 5) is 11.4. The number of phenols is 1. The van der Waals surface area contributed by atoms with E-state index in [0.717, 1.165) is 6.07 Å². The maximum atomic E-state index is 13.2. The third-order valence-corrected chi connectivity index (χ3v) is 2.06. The van der Waals surface area contributed by atoms with Crippen molar-refractivity contribution in [1.82, 2.24) is 5.32 Å². The molecule has 0 aliphatic rings. The van der Waals surface area contributed by atoms with Gasteiger partial charge in [-0.3, -0.25) is 4.79 Å². The molecule has 0 fully saturated rings. The third-order valence-electron chi connectivity index (χ3n) is 1.79. The van der Waals surface area contributed by atoms with Crippen LogP contribution < -0.4 is 5.32 Å². The van der Waals surface area contributed by atoms with Crippen molar-refractivity contribution in [3.63, 3.8) is 0 Å². The summed E-state index contributed by atoms with van der Waals surface area (Å²) in [6.07, 6.45) is 0.632. The summed E-state index contributed by atoms with van der Waals surface area (Å²) in [5.74, 6) is -1.00. The van der Waals surface area contributed by atoms with Crippen LogP contribution in [0.5, 0.6) is 5.75 Å². The fraction of sp³-hybridized carbons (Fsp3) is 0.300. The molecule has 3 nitrogen and oxygen atoms in total. The number of halogens is 2. The lowest BCUT2D eigenvalue weighted by molar-refractivity contribution is 0.0950. The normalized spacial score (nSPS) is 10.0. The number of carbonyl (C=O) groups excluding carboxylic acids is 1. The number of aromatic hydroxyl groups is 1. The minimum absolute atomic E-state index is 0.0811. The molecular weight excluding hydrogens is 221 g/mol. The van der Waals surface area contributed by atoms with Gasteiger partial charge in [-0.15, -0.1) is 11.6 Å². The predicted octanol–water partition coefficient (Wildman–Crippen LogP) is 1.89. The van der Waals surface area contributed by atoms with Crippen LogP contribution >= 0.6 is 11.6 Å². The van der Waals surface area contributed by atoms with Crippen LogP contribution in [0.3, 0.4) is 0 Å². The minimum atomic E-state index is -0.738. The summed E-state index contributed by atoms with van der Waals surface area (Å²) in [6, 6.07) is 3.40. The number of alkyl halides is 1. The van der Waals surface area contributed by atoms with Crippen molar-refractivity contribution in [3.8, 4) is 5.75 Å². The van der Waals surface area contributed by atoms with E-state index in [9.17, 15) is 9.18 Å². The molecule has 1 amide bonds. The topological polar surface area (TPSA) is 49.3 Å². The van der Waals surface area contributed by atoms with E-state index in [1.54, 1.807) is 0 Å². The number of amides is 1. The Morgan fingerprint density at radius 2 is 2.27 bits per heavy atom. The lowest BCUT2D eigenvalue weighted by Crippen LogP contribution is -2.25. The van der Waals surface area contributed by atoms with Crippen LogP contribution in [0.15, 0.2) is 18.2 Å². The Morgan fingerprint density at radius 1 is 1.53 bits per heavy atom. The third kappa shape index (κ3) is 3.40. The smallest absolute Gasteiger partial charge is 0.254 e. The first-order valence-corrected chi connectivity index (χ1v) is 5.01. The van der Waals surface area contributed by atoms with E-state index in [2.05, 4.69) is 5.32 Å². The standard InChI is InChI=1S/C10H11ClFNO2/c11-4-1-5-13-10(15)8-3-2-7(14)6-9(8)12/h2-3,6,14H,1,4-5H2,(H,13,15). The molecule has 1 rings (SSSR count). The van der Waals surface area contributed by atoms with Gasteiger partial charge in [-0.2, -0.15) is 0 Å². The molecule has 0 saturated heterocycles. The summed E-state index contributed by atoms with van der Waals surface area (Å²) >= 11 is 5.42. The first-order chi connectivity index (χ1) is 7.15. The molecule has 0 unspecified atom stereocenters. The van der Waals surface area contributed by atoms with E-state index in [1.807, 2.05) is 0 Å². The molecule has 0 spiro atoms. The maximum Gasteiger partial charge on any atom is 0.254 e. The second-order valence-corrected chi connectivity index (χ2v) is 3.34. The molecule has 15 heavy (non-hydrogen) atoms. The quantitative estimate of drug-likeness (QED) is 0.614. The van der Waals surface area contributed by atoms with E-state index in [1.165, 1.54) is 12.1 Å². The van der Waals surface area contributed by atoms with Crippen molar-refractivity contribution in [2.45, 2.75) is 6.42 Å². The van der Waals surface area contributed by atoms with Gasteiger partial charge in [0.1, 0.15) is 11.6 Å². The van der Waals surface area contributed by atoms with Gasteiger partial charge >= 0.3 is 0 Å². The Labute approximate surface area is 91.9 Å². The highest BCUT2D eigenvalue weighted by atomic mass is 35.5. The van der Waals surface area contributed by atoms with Gasteiger partial charge in [0.2, 0.25) is 0 Å². The van der Waals surface area contributed by atoms with Crippen molar-refractivity contribution in [2.24, 2.45) is 0 Å². The molecule has 0 aliphatic carbocycles. The van der Waals surface area contributed by atoms with Crippen molar-refractivity contribution in [1.29, 1.82) is 0 Å². The Hall–Kier alpha value is -1.29. The van der Waals surface area contributed by atoms with Gasteiger partial charge in [-0.25, -0.2) is 4.39 Å². The Balaban J connectivity index is 2.65. The van der Waals surface area contributed by atoms with Crippen LogP contribution in [0.2, 0.25) is 0 Å². The molecule has 2 N–H and O–H groups in total. The van der Waals surface area contributed by atoms with Crippen LogP contribution in [0.25, 0.3) is 0 Å². The molecule has 82 valence electrons. The summed E-state index contributed by atoms with van der Waals surface area (Å²) in [5.41, 5.74) is -0.0811. The van der Waals surface area contributed by atoms with E-state index in [4.69, 9.17) is 16.7 Å². The van der Waals surface area contributed by atoms with Gasteiger partial charge in [0, 0.05) is 18.5 Å². The maximum absolute atomic E-state index is 13.2. The van der Waals surface area contributed by atoms with Crippen molar-refractivity contribution < 1.29 is 14.3 Å². The highest BCUT2D eigenvalue weighted by molar-refractivity contribution is 6.17. The van der Waals surface area contributed by atoms with E-state index in [0.29, 0.717) is 18.8 Å². The number of phenolic OH excluding ortho intramolecular Hbond substituents is 1. The van der Waals surface area contributed by atoms with E-state index >= 15 is 0 Å². The van der Waals surface area contributed by atoms with Crippen LogP contribution in [0.4, 0.5) is 4.39 Å². The second kappa shape index (κ2) is 5.56.